The maximum atomic E-state index is 7.59. The van der Waals surface area contributed by atoms with E-state index in [9.17, 15) is 0 Å². The molecular formula is C77H72BN3O. The Hall–Kier alpha value is -8.54. The molecule has 0 fully saturated rings. The molecule has 0 saturated heterocycles. The lowest BCUT2D eigenvalue weighted by Crippen LogP contribution is -2.59. The van der Waals surface area contributed by atoms with Crippen LogP contribution in [0.5, 0.6) is 11.5 Å². The van der Waals surface area contributed by atoms with E-state index in [1.54, 1.807) is 0 Å². The summed E-state index contributed by atoms with van der Waals surface area (Å²) in [4.78, 5) is 2.67. The molecule has 0 radical (unpaired) electrons. The number of rotatable bonds is 14. The van der Waals surface area contributed by atoms with Gasteiger partial charge in [0, 0.05) is 61.5 Å². The first-order chi connectivity index (χ1) is 40.0. The van der Waals surface area contributed by atoms with Gasteiger partial charge in [-0.05, 0) is 154 Å². The Morgan fingerprint density at radius 1 is 0.451 bits per heavy atom. The molecule has 0 spiro atoms. The summed E-state index contributed by atoms with van der Waals surface area (Å²) in [6.45, 7) is 16.5. The number of aromatic nitrogens is 2. The molecule has 404 valence electrons. The Morgan fingerprint density at radius 3 is 1.43 bits per heavy atom. The van der Waals surface area contributed by atoms with E-state index in [2.05, 4.69) is 281 Å². The molecule has 0 unspecified atom stereocenters. The van der Waals surface area contributed by atoms with Gasteiger partial charge in [0.15, 0.2) is 0 Å². The van der Waals surface area contributed by atoms with Crippen LogP contribution in [0.4, 0.5) is 17.1 Å². The van der Waals surface area contributed by atoms with E-state index < -0.39 is 0 Å². The lowest BCUT2D eigenvalue weighted by Gasteiger charge is -2.42. The molecule has 2 aliphatic rings. The molecule has 0 atom stereocenters. The minimum Gasteiger partial charge on any atom is -0.458 e. The van der Waals surface area contributed by atoms with Crippen molar-refractivity contribution in [3.05, 3.63) is 230 Å². The van der Waals surface area contributed by atoms with Gasteiger partial charge in [-0.2, -0.15) is 0 Å². The summed E-state index contributed by atoms with van der Waals surface area (Å²) < 4.78 is 12.5. The predicted octanol–water partition coefficient (Wildman–Crippen LogP) is 19.3. The number of benzene rings is 10. The number of para-hydroxylation sites is 4. The van der Waals surface area contributed by atoms with Crippen molar-refractivity contribution in [1.82, 2.24) is 9.13 Å². The average molecular weight is 1070 g/mol. The van der Waals surface area contributed by atoms with Crippen molar-refractivity contribution in [2.75, 3.05) is 4.90 Å². The van der Waals surface area contributed by atoms with Gasteiger partial charge in [-0.15, -0.1) is 0 Å². The van der Waals surface area contributed by atoms with Crippen LogP contribution in [0.25, 0.3) is 77.2 Å². The molecule has 0 bridgehead atoms. The summed E-state index contributed by atoms with van der Waals surface area (Å²) in [5, 5.41) is 4.99. The van der Waals surface area contributed by atoms with Crippen LogP contribution in [-0.2, 0) is 11.8 Å². The second kappa shape index (κ2) is 20.8. The first-order valence-corrected chi connectivity index (χ1v) is 30.2. The molecular weight excluding hydrogens is 994 g/mol. The number of fused-ring (bicyclic) bond motifs is 10. The molecule has 2 aliphatic heterocycles. The highest BCUT2D eigenvalue weighted by molar-refractivity contribution is 6.99. The Balaban J connectivity index is 1.04. The van der Waals surface area contributed by atoms with Crippen molar-refractivity contribution < 1.29 is 4.74 Å². The lowest BCUT2D eigenvalue weighted by atomic mass is 9.34. The van der Waals surface area contributed by atoms with Gasteiger partial charge in [0.1, 0.15) is 11.5 Å². The topological polar surface area (TPSA) is 22.3 Å². The molecule has 12 aromatic rings. The maximum Gasteiger partial charge on any atom is 0.256 e. The van der Waals surface area contributed by atoms with E-state index in [1.165, 1.54) is 136 Å². The van der Waals surface area contributed by atoms with Crippen LogP contribution in [0.3, 0.4) is 0 Å². The van der Waals surface area contributed by atoms with Gasteiger partial charge < -0.3 is 18.8 Å². The summed E-state index contributed by atoms with van der Waals surface area (Å²) in [6, 6.07) is 82.0. The third-order valence-electron chi connectivity index (χ3n) is 17.8. The molecule has 5 heteroatoms. The fourth-order valence-corrected chi connectivity index (χ4v) is 14.2. The average Bonchev–Trinajstić information content (AvgIpc) is 4.16. The molecule has 2 aromatic heterocycles. The van der Waals surface area contributed by atoms with Crippen molar-refractivity contribution in [2.24, 2.45) is 17.8 Å². The van der Waals surface area contributed by atoms with E-state index in [0.717, 1.165) is 41.6 Å². The molecule has 82 heavy (non-hydrogen) atoms. The number of hydrogen-bond acceptors (Lipinski definition) is 2. The second-order valence-corrected chi connectivity index (χ2v) is 25.4. The standard InChI is InChI=1S/C77H72BN3O/c1-50(2)42-52(43-51(3)4)24-14-15-25-53-44-72-75-74(45-53)82-73-49-58(80-69-36-22-18-32-61(69)62-33-19-23-37-70(62)80)39-41-66(73)78(75)65-40-38-57(79-67-34-20-16-30-59(67)60-31-17-21-35-68(60)79)48-71(65)81(72)76-63(54-26-10-8-11-27-54)46-56(77(5,6)7)47-64(76)55-28-12-9-13-29-55/h8-13,16-23,26-41,44-52H,14-15,24-25,42-43H2,1-7H3. The zero-order chi connectivity index (χ0) is 55.8. The van der Waals surface area contributed by atoms with E-state index in [1.807, 2.05) is 0 Å². The fraction of sp³-hybridized carbons (Fsp3) is 0.221. The van der Waals surface area contributed by atoms with Crippen LogP contribution < -0.4 is 26.0 Å². The Morgan fingerprint density at radius 2 is 0.927 bits per heavy atom. The molecule has 14 rings (SSSR count). The highest BCUT2D eigenvalue weighted by atomic mass is 16.5. The third-order valence-corrected chi connectivity index (χ3v) is 17.8. The SMILES string of the molecule is CC(C)CC(CCCCc1cc2c3c(c1)N(c1c(-c4ccccc4)cc(C(C)(C)C)cc1-c1ccccc1)c1cc(-n4c5ccccc5c5ccccc54)ccc1B3c1ccc(-n3c4ccccc4c4ccccc43)cc1O2)CC(C)C. The zero-order valence-electron chi connectivity index (χ0n) is 48.6. The summed E-state index contributed by atoms with van der Waals surface area (Å²) in [7, 11) is 0. The quantitative estimate of drug-likeness (QED) is 0.0800. The monoisotopic (exact) mass is 1070 g/mol. The number of nitrogens with zero attached hydrogens (tertiary/aromatic N) is 3. The van der Waals surface area contributed by atoms with Crippen LogP contribution in [0.1, 0.15) is 91.7 Å². The first kappa shape index (κ1) is 51.6. The highest BCUT2D eigenvalue weighted by Gasteiger charge is 2.44. The predicted molar refractivity (Wildman–Crippen MR) is 351 cm³/mol. The van der Waals surface area contributed by atoms with Crippen molar-refractivity contribution in [3.63, 3.8) is 0 Å². The van der Waals surface area contributed by atoms with Gasteiger partial charge in [0.2, 0.25) is 0 Å². The minimum absolute atomic E-state index is 0.115. The van der Waals surface area contributed by atoms with Gasteiger partial charge in [0.25, 0.3) is 6.71 Å². The summed E-state index contributed by atoms with van der Waals surface area (Å²) in [5.41, 5.74) is 21.4. The smallest absolute Gasteiger partial charge is 0.256 e. The first-order valence-electron chi connectivity index (χ1n) is 30.2. The van der Waals surface area contributed by atoms with Crippen LogP contribution in [0.2, 0.25) is 0 Å². The van der Waals surface area contributed by atoms with Gasteiger partial charge in [0.05, 0.1) is 27.8 Å². The zero-order valence-corrected chi connectivity index (χ0v) is 48.6. The largest absolute Gasteiger partial charge is 0.458 e. The molecule has 0 amide bonds. The molecule has 4 nitrogen and oxygen atoms in total. The summed E-state index contributed by atoms with van der Waals surface area (Å²) in [5.74, 6) is 3.99. The van der Waals surface area contributed by atoms with E-state index in [-0.39, 0.29) is 12.1 Å². The number of ether oxygens (including phenoxy) is 1. The normalized spacial score (nSPS) is 13.0. The van der Waals surface area contributed by atoms with E-state index in [0.29, 0.717) is 11.8 Å². The number of anilines is 3. The van der Waals surface area contributed by atoms with Gasteiger partial charge in [-0.3, -0.25) is 0 Å². The van der Waals surface area contributed by atoms with Crippen molar-refractivity contribution in [1.29, 1.82) is 0 Å². The number of unbranched alkanes of at least 4 members (excludes halogenated alkanes) is 1. The van der Waals surface area contributed by atoms with E-state index in [4.69, 9.17) is 4.74 Å². The third kappa shape index (κ3) is 9.01. The van der Waals surface area contributed by atoms with Crippen molar-refractivity contribution in [3.8, 4) is 45.1 Å². The summed E-state index contributed by atoms with van der Waals surface area (Å²) in [6.07, 6.45) is 7.11. The van der Waals surface area contributed by atoms with Crippen LogP contribution >= 0.6 is 0 Å². The molecule has 10 aromatic carbocycles. The fourth-order valence-electron chi connectivity index (χ4n) is 14.2. The molecule has 0 saturated carbocycles. The molecule has 0 N–H and O–H groups in total. The van der Waals surface area contributed by atoms with Crippen molar-refractivity contribution >= 4 is 83.8 Å². The highest BCUT2D eigenvalue weighted by Crippen LogP contribution is 2.51. The number of hydrogen-bond donors (Lipinski definition) is 0. The van der Waals surface area contributed by atoms with E-state index >= 15 is 0 Å². The maximum absolute atomic E-state index is 7.59. The van der Waals surface area contributed by atoms with Gasteiger partial charge in [-0.1, -0.05) is 207 Å². The summed E-state index contributed by atoms with van der Waals surface area (Å²) >= 11 is 0. The van der Waals surface area contributed by atoms with Gasteiger partial charge >= 0.3 is 0 Å². The Bertz CT molecular complexity index is 4210. The molecule has 0 aliphatic carbocycles. The Labute approximate surface area is 484 Å². The van der Waals surface area contributed by atoms with Crippen LogP contribution in [-0.4, -0.2) is 15.8 Å². The van der Waals surface area contributed by atoms with Crippen LogP contribution in [0.15, 0.2) is 218 Å². The van der Waals surface area contributed by atoms with Gasteiger partial charge in [-0.25, -0.2) is 0 Å². The minimum atomic E-state index is -0.127. The lowest BCUT2D eigenvalue weighted by molar-refractivity contribution is 0.317. The second-order valence-electron chi connectivity index (χ2n) is 25.4. The van der Waals surface area contributed by atoms with Crippen molar-refractivity contribution in [2.45, 2.75) is 92.4 Å². The number of aryl methyl sites for hydroxylation is 1. The van der Waals surface area contributed by atoms with Crippen LogP contribution in [0, 0.1) is 17.8 Å². The molecule has 4 heterocycles. The Kier molecular flexibility index (Phi) is 13.1.